The molecule has 1 amide bonds. The number of carboxylic acids is 1. The Morgan fingerprint density at radius 3 is 2.18 bits per heavy atom. The van der Waals surface area contributed by atoms with E-state index in [4.69, 9.17) is 0 Å². The summed E-state index contributed by atoms with van der Waals surface area (Å²) in [7, 11) is 0. The van der Waals surface area contributed by atoms with Gasteiger partial charge in [-0.2, -0.15) is 0 Å². The number of hydrogen-bond acceptors (Lipinski definition) is 2. The Labute approximate surface area is 132 Å². The highest BCUT2D eigenvalue weighted by Crippen LogP contribution is 2.28. The van der Waals surface area contributed by atoms with Crippen LogP contribution in [-0.2, 0) is 15.0 Å². The molecule has 1 unspecified atom stereocenters. The smallest absolute Gasteiger partial charge is 0.315 e. The second-order valence-electron chi connectivity index (χ2n) is 5.77. The number of carboxylic acid groups (broad SMARTS) is 1. The molecule has 0 saturated carbocycles. The van der Waals surface area contributed by atoms with Crippen molar-refractivity contribution in [1.82, 2.24) is 5.32 Å². The lowest BCUT2D eigenvalue weighted by Crippen LogP contribution is -2.46. The van der Waals surface area contributed by atoms with Gasteiger partial charge in [0.25, 0.3) is 0 Å². The molecule has 0 fully saturated rings. The molecular weight excluding hydrogens is 278 g/mol. The molecule has 4 nitrogen and oxygen atoms in total. The van der Waals surface area contributed by atoms with Gasteiger partial charge >= 0.3 is 5.97 Å². The van der Waals surface area contributed by atoms with Crippen molar-refractivity contribution in [2.45, 2.75) is 51.9 Å². The SMILES string of the molecule is CCC(CC)CC(=O)NCC(CC)(C(=O)O)c1ccccc1. The van der Waals surface area contributed by atoms with Crippen LogP contribution in [0.4, 0.5) is 0 Å². The van der Waals surface area contributed by atoms with Gasteiger partial charge in [0.1, 0.15) is 5.41 Å². The fraction of sp³-hybridized carbons (Fsp3) is 0.556. The molecule has 0 saturated heterocycles. The van der Waals surface area contributed by atoms with Crippen molar-refractivity contribution in [1.29, 1.82) is 0 Å². The Kier molecular flexibility index (Phi) is 7.09. The molecule has 1 atom stereocenters. The molecule has 122 valence electrons. The molecule has 0 aromatic heterocycles. The third-order valence-electron chi connectivity index (χ3n) is 4.56. The Bertz CT molecular complexity index is 482. The second-order valence-corrected chi connectivity index (χ2v) is 5.77. The first-order valence-corrected chi connectivity index (χ1v) is 8.05. The molecule has 22 heavy (non-hydrogen) atoms. The molecule has 1 rings (SSSR count). The van der Waals surface area contributed by atoms with Gasteiger partial charge in [0.2, 0.25) is 5.91 Å². The summed E-state index contributed by atoms with van der Waals surface area (Å²) in [5.74, 6) is -0.606. The van der Waals surface area contributed by atoms with Gasteiger partial charge in [0.15, 0.2) is 0 Å². The molecule has 0 radical (unpaired) electrons. The normalized spacial score (nSPS) is 13.6. The largest absolute Gasteiger partial charge is 0.481 e. The van der Waals surface area contributed by atoms with Gasteiger partial charge in [-0.1, -0.05) is 63.9 Å². The first-order valence-electron chi connectivity index (χ1n) is 8.05. The van der Waals surface area contributed by atoms with Crippen LogP contribution in [0.15, 0.2) is 30.3 Å². The minimum Gasteiger partial charge on any atom is -0.481 e. The molecule has 0 spiro atoms. The van der Waals surface area contributed by atoms with Crippen LogP contribution in [0.1, 0.15) is 52.0 Å². The van der Waals surface area contributed by atoms with Crippen molar-refractivity contribution in [3.63, 3.8) is 0 Å². The quantitative estimate of drug-likeness (QED) is 0.735. The summed E-state index contributed by atoms with van der Waals surface area (Å²) in [6, 6.07) is 9.14. The molecule has 0 bridgehead atoms. The number of hydrogen-bond donors (Lipinski definition) is 2. The Morgan fingerprint density at radius 1 is 1.14 bits per heavy atom. The monoisotopic (exact) mass is 305 g/mol. The third-order valence-corrected chi connectivity index (χ3v) is 4.56. The molecular formula is C18H27NO3. The van der Waals surface area contributed by atoms with E-state index in [0.29, 0.717) is 18.8 Å². The molecule has 0 aliphatic rings. The van der Waals surface area contributed by atoms with Crippen LogP contribution in [0.2, 0.25) is 0 Å². The lowest BCUT2D eigenvalue weighted by atomic mass is 9.78. The van der Waals surface area contributed by atoms with Gasteiger partial charge in [-0.05, 0) is 17.9 Å². The number of carbonyl (C=O) groups is 2. The number of amides is 1. The standard InChI is InChI=1S/C18H27NO3/c1-4-14(5-2)12-16(20)19-13-18(6-3,17(21)22)15-10-8-7-9-11-15/h7-11,14H,4-6,12-13H2,1-3H3,(H,19,20)(H,21,22). The first kappa shape index (κ1) is 18.2. The molecule has 0 heterocycles. The molecule has 4 heteroatoms. The van der Waals surface area contributed by atoms with Gasteiger partial charge in [-0.15, -0.1) is 0 Å². The number of rotatable bonds is 9. The summed E-state index contributed by atoms with van der Waals surface area (Å²) in [4.78, 5) is 23.9. The van der Waals surface area contributed by atoms with Crippen molar-refractivity contribution in [2.75, 3.05) is 6.54 Å². The maximum atomic E-state index is 12.1. The van der Waals surface area contributed by atoms with Crippen molar-refractivity contribution in [2.24, 2.45) is 5.92 Å². The lowest BCUT2D eigenvalue weighted by Gasteiger charge is -2.29. The average molecular weight is 305 g/mol. The van der Waals surface area contributed by atoms with E-state index in [1.165, 1.54) is 0 Å². The molecule has 0 aliphatic carbocycles. The van der Waals surface area contributed by atoms with Crippen LogP contribution in [0.3, 0.4) is 0 Å². The minimum atomic E-state index is -1.06. The van der Waals surface area contributed by atoms with Crippen LogP contribution < -0.4 is 5.32 Å². The van der Waals surface area contributed by atoms with Crippen LogP contribution in [0.25, 0.3) is 0 Å². The zero-order valence-electron chi connectivity index (χ0n) is 13.8. The highest BCUT2D eigenvalue weighted by molar-refractivity contribution is 5.83. The van der Waals surface area contributed by atoms with E-state index in [1.807, 2.05) is 37.3 Å². The van der Waals surface area contributed by atoms with Gasteiger partial charge in [0, 0.05) is 13.0 Å². The summed E-state index contributed by atoms with van der Waals surface area (Å²) in [6.45, 7) is 6.11. The predicted octanol–water partition coefficient (Wildman–Crippen LogP) is 3.36. The average Bonchev–Trinajstić information content (AvgIpc) is 2.54. The van der Waals surface area contributed by atoms with E-state index in [-0.39, 0.29) is 12.5 Å². The van der Waals surface area contributed by atoms with Gasteiger partial charge in [-0.3, -0.25) is 9.59 Å². The third kappa shape index (κ3) is 4.33. The van der Waals surface area contributed by atoms with Gasteiger partial charge < -0.3 is 10.4 Å². The topological polar surface area (TPSA) is 66.4 Å². The number of nitrogens with one attached hydrogen (secondary N) is 1. The highest BCUT2D eigenvalue weighted by atomic mass is 16.4. The van der Waals surface area contributed by atoms with Crippen molar-refractivity contribution in [3.05, 3.63) is 35.9 Å². The maximum Gasteiger partial charge on any atom is 0.315 e. The Morgan fingerprint density at radius 2 is 1.73 bits per heavy atom. The fourth-order valence-electron chi connectivity index (χ4n) is 2.70. The molecule has 1 aromatic rings. The van der Waals surface area contributed by atoms with Crippen LogP contribution in [0, 0.1) is 5.92 Å². The lowest BCUT2D eigenvalue weighted by molar-refractivity contribution is -0.144. The highest BCUT2D eigenvalue weighted by Gasteiger charge is 2.38. The summed E-state index contributed by atoms with van der Waals surface area (Å²) < 4.78 is 0. The Hall–Kier alpha value is -1.84. The first-order chi connectivity index (χ1) is 10.5. The number of carbonyl (C=O) groups excluding carboxylic acids is 1. The predicted molar refractivity (Wildman–Crippen MR) is 87.7 cm³/mol. The summed E-state index contributed by atoms with van der Waals surface area (Å²) in [5.41, 5.74) is -0.335. The van der Waals surface area contributed by atoms with E-state index in [9.17, 15) is 14.7 Å². The van der Waals surface area contributed by atoms with E-state index >= 15 is 0 Å². The number of aliphatic carboxylic acids is 1. The number of benzene rings is 1. The van der Waals surface area contributed by atoms with Crippen molar-refractivity contribution >= 4 is 11.9 Å². The van der Waals surface area contributed by atoms with Crippen LogP contribution in [-0.4, -0.2) is 23.5 Å². The van der Waals surface area contributed by atoms with Crippen LogP contribution in [0.5, 0.6) is 0 Å². The van der Waals surface area contributed by atoms with E-state index in [1.54, 1.807) is 0 Å². The molecule has 1 aromatic carbocycles. The second kappa shape index (κ2) is 8.57. The molecule has 2 N–H and O–H groups in total. The van der Waals surface area contributed by atoms with Crippen molar-refractivity contribution in [3.8, 4) is 0 Å². The zero-order chi connectivity index (χ0) is 16.6. The van der Waals surface area contributed by atoms with E-state index < -0.39 is 11.4 Å². The summed E-state index contributed by atoms with van der Waals surface area (Å²) in [6.07, 6.45) is 2.81. The summed E-state index contributed by atoms with van der Waals surface area (Å²) >= 11 is 0. The minimum absolute atomic E-state index is 0.0660. The van der Waals surface area contributed by atoms with Gasteiger partial charge in [-0.25, -0.2) is 0 Å². The zero-order valence-corrected chi connectivity index (χ0v) is 13.8. The van der Waals surface area contributed by atoms with Gasteiger partial charge in [0.05, 0.1) is 0 Å². The van der Waals surface area contributed by atoms with E-state index in [2.05, 4.69) is 19.2 Å². The van der Waals surface area contributed by atoms with E-state index in [0.717, 1.165) is 18.4 Å². The Balaban J connectivity index is 2.84. The summed E-state index contributed by atoms with van der Waals surface area (Å²) in [5, 5.41) is 12.5. The van der Waals surface area contributed by atoms with Crippen molar-refractivity contribution < 1.29 is 14.7 Å². The van der Waals surface area contributed by atoms with Crippen LogP contribution >= 0.6 is 0 Å². The molecule has 0 aliphatic heterocycles. The maximum absolute atomic E-state index is 12.1. The fourth-order valence-corrected chi connectivity index (χ4v) is 2.70.